The summed E-state index contributed by atoms with van der Waals surface area (Å²) in [6.45, 7) is 2.08. The largest absolute Gasteiger partial charge is 0.382 e. The lowest BCUT2D eigenvalue weighted by atomic mass is 9.87. The number of carbonyl (C=O) groups excluding carboxylic acids is 1. The first-order valence-corrected chi connectivity index (χ1v) is 10.2. The standard InChI is InChI=1S/C21H19F2N9O2/c1-21(8-34-9-21)20(33)27-15-16(24)28-18(29-17(15)25)14-10-5-6-26-30-19(10)32(31-14)7-11-12(22)3-2-4-13(11)23/h2-6H,7-9H2,1H3,(H,27,33)(H4,24,25,28,29). The zero-order valence-electron chi connectivity index (χ0n) is 17.9. The number of ether oxygens (including phenoxy) is 1. The number of hydrogen-bond donors (Lipinski definition) is 3. The molecule has 5 rings (SSSR count). The molecular weight excluding hydrogens is 448 g/mol. The van der Waals surface area contributed by atoms with E-state index in [1.54, 1.807) is 13.0 Å². The number of nitrogens with zero attached hydrogens (tertiary/aromatic N) is 6. The number of nitrogens with one attached hydrogen (secondary N) is 1. The molecule has 0 bridgehead atoms. The molecule has 1 fully saturated rings. The Morgan fingerprint density at radius 2 is 1.85 bits per heavy atom. The van der Waals surface area contributed by atoms with E-state index in [-0.39, 0.29) is 65.7 Å². The van der Waals surface area contributed by atoms with Crippen LogP contribution in [0.1, 0.15) is 12.5 Å². The van der Waals surface area contributed by atoms with Crippen LogP contribution in [0.4, 0.5) is 26.1 Å². The van der Waals surface area contributed by atoms with Crippen molar-refractivity contribution in [3.8, 4) is 11.5 Å². The molecule has 1 aromatic carbocycles. The molecule has 174 valence electrons. The van der Waals surface area contributed by atoms with Crippen LogP contribution in [0.25, 0.3) is 22.6 Å². The minimum absolute atomic E-state index is 0.0527. The summed E-state index contributed by atoms with van der Waals surface area (Å²) in [7, 11) is 0. The van der Waals surface area contributed by atoms with Gasteiger partial charge in [-0.25, -0.2) is 23.4 Å². The quantitative estimate of drug-likeness (QED) is 0.397. The van der Waals surface area contributed by atoms with Gasteiger partial charge in [0.25, 0.3) is 0 Å². The Morgan fingerprint density at radius 3 is 2.47 bits per heavy atom. The third kappa shape index (κ3) is 3.55. The van der Waals surface area contributed by atoms with Crippen LogP contribution < -0.4 is 16.8 Å². The molecule has 5 N–H and O–H groups in total. The van der Waals surface area contributed by atoms with Crippen molar-refractivity contribution in [1.29, 1.82) is 0 Å². The Labute approximate surface area is 191 Å². The fourth-order valence-electron chi connectivity index (χ4n) is 3.56. The maximum atomic E-state index is 14.2. The molecule has 4 aromatic rings. The van der Waals surface area contributed by atoms with Gasteiger partial charge >= 0.3 is 0 Å². The molecule has 0 spiro atoms. The second-order valence-electron chi connectivity index (χ2n) is 8.18. The summed E-state index contributed by atoms with van der Waals surface area (Å²) in [5.74, 6) is -1.83. The number of halogens is 2. The highest BCUT2D eigenvalue weighted by Crippen LogP contribution is 2.33. The third-order valence-electron chi connectivity index (χ3n) is 5.60. The number of hydrogen-bond acceptors (Lipinski definition) is 9. The smallest absolute Gasteiger partial charge is 0.235 e. The molecule has 13 heteroatoms. The van der Waals surface area contributed by atoms with E-state index in [1.807, 2.05) is 0 Å². The van der Waals surface area contributed by atoms with Crippen LogP contribution >= 0.6 is 0 Å². The summed E-state index contributed by atoms with van der Waals surface area (Å²) in [6, 6.07) is 5.20. The molecule has 11 nitrogen and oxygen atoms in total. The van der Waals surface area contributed by atoms with Crippen LogP contribution in [-0.2, 0) is 16.1 Å². The SMILES string of the molecule is CC1(C(=O)Nc2c(N)nc(-c3nn(Cc4c(F)cccc4F)c4nnccc34)nc2N)COC1. The molecule has 4 heterocycles. The zero-order valence-corrected chi connectivity index (χ0v) is 17.9. The van der Waals surface area contributed by atoms with Gasteiger partial charge in [0.2, 0.25) is 5.91 Å². The number of nitrogen functional groups attached to an aromatic ring is 2. The maximum absolute atomic E-state index is 14.2. The Bertz CT molecular complexity index is 1390. The predicted molar refractivity (Wildman–Crippen MR) is 118 cm³/mol. The van der Waals surface area contributed by atoms with Crippen LogP contribution in [0, 0.1) is 17.0 Å². The van der Waals surface area contributed by atoms with Gasteiger partial charge in [0, 0.05) is 5.56 Å². The summed E-state index contributed by atoms with van der Waals surface area (Å²) >= 11 is 0. The molecule has 0 aliphatic carbocycles. The number of amides is 1. The number of anilines is 3. The lowest BCUT2D eigenvalue weighted by Gasteiger charge is -2.36. The average molecular weight is 467 g/mol. The van der Waals surface area contributed by atoms with E-state index in [1.165, 1.54) is 16.9 Å². The lowest BCUT2D eigenvalue weighted by molar-refractivity contribution is -0.151. The molecule has 1 aliphatic rings. The minimum Gasteiger partial charge on any atom is -0.382 e. The molecule has 0 saturated carbocycles. The second kappa shape index (κ2) is 7.95. The van der Waals surface area contributed by atoms with Crippen LogP contribution in [0.15, 0.2) is 30.5 Å². The van der Waals surface area contributed by atoms with E-state index in [9.17, 15) is 13.6 Å². The van der Waals surface area contributed by atoms with Gasteiger partial charge in [-0.1, -0.05) is 6.07 Å². The Kier molecular flexibility index (Phi) is 5.05. The Balaban J connectivity index is 1.54. The number of nitrogens with two attached hydrogens (primary N) is 2. The second-order valence-corrected chi connectivity index (χ2v) is 8.18. The van der Waals surface area contributed by atoms with E-state index in [0.717, 1.165) is 12.1 Å². The van der Waals surface area contributed by atoms with E-state index in [2.05, 4.69) is 30.6 Å². The molecular formula is C21H19F2N9O2. The highest BCUT2D eigenvalue weighted by molar-refractivity contribution is 6.00. The number of rotatable bonds is 5. The third-order valence-corrected chi connectivity index (χ3v) is 5.60. The summed E-state index contributed by atoms with van der Waals surface area (Å²) < 4.78 is 34.8. The van der Waals surface area contributed by atoms with Crippen molar-refractivity contribution >= 4 is 34.3 Å². The molecule has 1 amide bonds. The molecule has 34 heavy (non-hydrogen) atoms. The van der Waals surface area contributed by atoms with Crippen LogP contribution in [0.3, 0.4) is 0 Å². The molecule has 0 unspecified atom stereocenters. The van der Waals surface area contributed by atoms with Crippen molar-refractivity contribution in [3.05, 3.63) is 47.7 Å². The first-order chi connectivity index (χ1) is 16.3. The number of aromatic nitrogens is 6. The van der Waals surface area contributed by atoms with Crippen molar-refractivity contribution in [1.82, 2.24) is 29.9 Å². The summed E-state index contributed by atoms with van der Waals surface area (Å²) in [5.41, 5.74) is 11.9. The highest BCUT2D eigenvalue weighted by atomic mass is 19.1. The first-order valence-electron chi connectivity index (χ1n) is 10.2. The Hall–Kier alpha value is -4.26. The van der Waals surface area contributed by atoms with Gasteiger partial charge in [-0.15, -0.1) is 5.10 Å². The van der Waals surface area contributed by atoms with Crippen LogP contribution in [0.5, 0.6) is 0 Å². The average Bonchev–Trinajstić information content (AvgIpc) is 3.15. The molecule has 1 saturated heterocycles. The van der Waals surface area contributed by atoms with Crippen molar-refractivity contribution in [3.63, 3.8) is 0 Å². The van der Waals surface area contributed by atoms with Gasteiger partial charge < -0.3 is 21.5 Å². The van der Waals surface area contributed by atoms with E-state index < -0.39 is 17.0 Å². The zero-order chi connectivity index (χ0) is 24.0. The number of benzene rings is 1. The topological polar surface area (TPSA) is 160 Å². The monoisotopic (exact) mass is 467 g/mol. The van der Waals surface area contributed by atoms with Crippen LogP contribution in [0.2, 0.25) is 0 Å². The molecule has 3 aromatic heterocycles. The van der Waals surface area contributed by atoms with Gasteiger partial charge in [0.1, 0.15) is 23.0 Å². The van der Waals surface area contributed by atoms with Gasteiger partial charge in [-0.3, -0.25) is 4.79 Å². The van der Waals surface area contributed by atoms with Crippen molar-refractivity contribution < 1.29 is 18.3 Å². The van der Waals surface area contributed by atoms with Crippen molar-refractivity contribution in [2.75, 3.05) is 30.0 Å². The van der Waals surface area contributed by atoms with Gasteiger partial charge in [-0.2, -0.15) is 10.2 Å². The lowest BCUT2D eigenvalue weighted by Crippen LogP contribution is -2.49. The van der Waals surface area contributed by atoms with E-state index >= 15 is 0 Å². The van der Waals surface area contributed by atoms with Crippen molar-refractivity contribution in [2.24, 2.45) is 5.41 Å². The summed E-state index contributed by atoms with van der Waals surface area (Å²) in [6.07, 6.45) is 1.43. The highest BCUT2D eigenvalue weighted by Gasteiger charge is 2.41. The van der Waals surface area contributed by atoms with Crippen molar-refractivity contribution in [2.45, 2.75) is 13.5 Å². The maximum Gasteiger partial charge on any atom is 0.235 e. The van der Waals surface area contributed by atoms with Gasteiger partial charge in [-0.05, 0) is 25.1 Å². The minimum atomic E-state index is -0.718. The Morgan fingerprint density at radius 1 is 1.18 bits per heavy atom. The number of carbonyl (C=O) groups is 1. The fourth-order valence-corrected chi connectivity index (χ4v) is 3.56. The van der Waals surface area contributed by atoms with Gasteiger partial charge in [0.05, 0.1) is 36.8 Å². The summed E-state index contributed by atoms with van der Waals surface area (Å²) in [5, 5.41) is 15.4. The number of fused-ring (bicyclic) bond motifs is 1. The molecule has 0 atom stereocenters. The first kappa shape index (κ1) is 21.6. The van der Waals surface area contributed by atoms with Gasteiger partial charge in [0.15, 0.2) is 23.1 Å². The molecule has 0 radical (unpaired) electrons. The normalized spacial score (nSPS) is 14.7. The van der Waals surface area contributed by atoms with E-state index in [4.69, 9.17) is 16.2 Å². The van der Waals surface area contributed by atoms with Crippen LogP contribution in [-0.4, -0.2) is 49.1 Å². The molecule has 1 aliphatic heterocycles. The fraction of sp³-hybridized carbons (Fsp3) is 0.238. The summed E-state index contributed by atoms with van der Waals surface area (Å²) in [4.78, 5) is 21.0. The van der Waals surface area contributed by atoms with E-state index in [0.29, 0.717) is 5.39 Å². The predicted octanol–water partition coefficient (Wildman–Crippen LogP) is 1.75.